The Morgan fingerprint density at radius 3 is 2.74 bits per heavy atom. The molecule has 0 N–H and O–H groups in total. The average Bonchev–Trinajstić information content (AvgIpc) is 2.41. The van der Waals surface area contributed by atoms with E-state index in [1.165, 1.54) is 0 Å². The van der Waals surface area contributed by atoms with Gasteiger partial charge in [0, 0.05) is 21.5 Å². The average molecular weight is 411 g/mol. The van der Waals surface area contributed by atoms with Crippen LogP contribution in [0.5, 0.6) is 0 Å². The molecule has 0 amide bonds. The molecule has 1 atom stereocenters. The summed E-state index contributed by atoms with van der Waals surface area (Å²) in [5, 5.41) is 0. The van der Waals surface area contributed by atoms with Gasteiger partial charge in [0.05, 0.1) is 4.90 Å². The van der Waals surface area contributed by atoms with E-state index < -0.39 is 10.0 Å². The van der Waals surface area contributed by atoms with Crippen molar-refractivity contribution in [3.8, 4) is 0 Å². The van der Waals surface area contributed by atoms with Gasteiger partial charge in [-0.2, -0.15) is 4.31 Å². The van der Waals surface area contributed by atoms with Crippen LogP contribution in [0.2, 0.25) is 0 Å². The molecular weight excluding hydrogens is 394 g/mol. The van der Waals surface area contributed by atoms with Crippen molar-refractivity contribution >= 4 is 41.9 Å². The maximum absolute atomic E-state index is 12.8. The molecular formula is C13H17Br2NO2S. The summed E-state index contributed by atoms with van der Waals surface area (Å²) < 4.78 is 28.7. The van der Waals surface area contributed by atoms with Crippen molar-refractivity contribution < 1.29 is 8.42 Å². The molecule has 0 aliphatic carbocycles. The van der Waals surface area contributed by atoms with Gasteiger partial charge in [0.25, 0.3) is 0 Å². The smallest absolute Gasteiger partial charge is 0.207 e. The van der Waals surface area contributed by atoms with Crippen LogP contribution in [-0.4, -0.2) is 25.3 Å². The summed E-state index contributed by atoms with van der Waals surface area (Å²) in [6.07, 6.45) is 3.89. The molecule has 1 aromatic rings. The summed E-state index contributed by atoms with van der Waals surface area (Å²) in [5.74, 6) is 0. The Kier molecular flexibility index (Phi) is 5.09. The van der Waals surface area contributed by atoms with Crippen LogP contribution in [0.15, 0.2) is 32.0 Å². The second kappa shape index (κ2) is 6.24. The number of piperidine rings is 1. The summed E-state index contributed by atoms with van der Waals surface area (Å²) in [7, 11) is -3.42. The molecule has 106 valence electrons. The van der Waals surface area contributed by atoms with Crippen LogP contribution in [0, 0.1) is 0 Å². The lowest BCUT2D eigenvalue weighted by Crippen LogP contribution is -2.43. The molecule has 0 bridgehead atoms. The molecule has 1 aliphatic heterocycles. The summed E-state index contributed by atoms with van der Waals surface area (Å²) in [4.78, 5) is 0.349. The first kappa shape index (κ1) is 15.5. The lowest BCUT2D eigenvalue weighted by molar-refractivity contribution is 0.246. The fourth-order valence-electron chi connectivity index (χ4n) is 2.50. The summed E-state index contributed by atoms with van der Waals surface area (Å²) in [5.41, 5.74) is 0. The molecule has 3 nitrogen and oxygen atoms in total. The Bertz CT molecular complexity index is 560. The van der Waals surface area contributed by atoms with Crippen molar-refractivity contribution in [2.45, 2.75) is 43.5 Å². The Hall–Kier alpha value is 0.0900. The predicted molar refractivity (Wildman–Crippen MR) is 83.7 cm³/mol. The zero-order valence-corrected chi connectivity index (χ0v) is 14.8. The van der Waals surface area contributed by atoms with Gasteiger partial charge in [-0.1, -0.05) is 29.3 Å². The van der Waals surface area contributed by atoms with E-state index in [0.29, 0.717) is 15.9 Å². The minimum atomic E-state index is -3.42. The van der Waals surface area contributed by atoms with E-state index >= 15 is 0 Å². The SMILES string of the molecule is CC[C@@H]1CCCCN1S(=O)(=O)c1cc(Br)ccc1Br. The third kappa shape index (κ3) is 3.23. The van der Waals surface area contributed by atoms with Gasteiger partial charge in [-0.05, 0) is 53.4 Å². The Morgan fingerprint density at radius 1 is 1.32 bits per heavy atom. The molecule has 2 rings (SSSR count). The highest BCUT2D eigenvalue weighted by Crippen LogP contribution is 2.32. The molecule has 1 heterocycles. The van der Waals surface area contributed by atoms with Gasteiger partial charge in [0.1, 0.15) is 0 Å². The van der Waals surface area contributed by atoms with Crippen LogP contribution < -0.4 is 0 Å². The van der Waals surface area contributed by atoms with E-state index in [-0.39, 0.29) is 6.04 Å². The number of nitrogens with zero attached hydrogens (tertiary/aromatic N) is 1. The van der Waals surface area contributed by atoms with Gasteiger partial charge in [-0.15, -0.1) is 0 Å². The Balaban J connectivity index is 2.43. The van der Waals surface area contributed by atoms with E-state index in [9.17, 15) is 8.42 Å². The van der Waals surface area contributed by atoms with E-state index in [2.05, 4.69) is 38.8 Å². The molecule has 0 aromatic heterocycles. The molecule has 0 radical (unpaired) electrons. The number of halogens is 2. The fraction of sp³-hybridized carbons (Fsp3) is 0.538. The molecule has 19 heavy (non-hydrogen) atoms. The van der Waals surface area contributed by atoms with Crippen LogP contribution >= 0.6 is 31.9 Å². The quantitative estimate of drug-likeness (QED) is 0.749. The number of hydrogen-bond acceptors (Lipinski definition) is 2. The molecule has 0 saturated carbocycles. The van der Waals surface area contributed by atoms with Crippen LogP contribution in [-0.2, 0) is 10.0 Å². The summed E-state index contributed by atoms with van der Waals surface area (Å²) >= 11 is 6.69. The largest absolute Gasteiger partial charge is 0.244 e. The molecule has 0 unspecified atom stereocenters. The maximum atomic E-state index is 12.8. The van der Waals surface area contributed by atoms with Crippen molar-refractivity contribution in [2.24, 2.45) is 0 Å². The van der Waals surface area contributed by atoms with E-state index in [4.69, 9.17) is 0 Å². The fourth-order valence-corrected chi connectivity index (χ4v) is 5.73. The zero-order chi connectivity index (χ0) is 14.0. The topological polar surface area (TPSA) is 37.4 Å². The first-order chi connectivity index (χ1) is 8.96. The monoisotopic (exact) mass is 409 g/mol. The van der Waals surface area contributed by atoms with Gasteiger partial charge in [0.2, 0.25) is 10.0 Å². The predicted octanol–water partition coefficient (Wildman–Crippen LogP) is 4.16. The van der Waals surface area contributed by atoms with Crippen LogP contribution in [0.1, 0.15) is 32.6 Å². The normalized spacial score (nSPS) is 21.5. The number of benzene rings is 1. The number of sulfonamides is 1. The molecule has 6 heteroatoms. The van der Waals surface area contributed by atoms with Crippen molar-refractivity contribution in [3.05, 3.63) is 27.1 Å². The standard InChI is InChI=1S/C13H17Br2NO2S/c1-2-11-5-3-4-8-16(11)19(17,18)13-9-10(14)6-7-12(13)15/h6-7,9,11H,2-5,8H2,1H3/t11-/m1/s1. The summed E-state index contributed by atoms with van der Waals surface area (Å²) in [6, 6.07) is 5.39. The molecule has 1 saturated heterocycles. The zero-order valence-electron chi connectivity index (χ0n) is 10.8. The Morgan fingerprint density at radius 2 is 2.05 bits per heavy atom. The molecule has 1 fully saturated rings. The van der Waals surface area contributed by atoms with Gasteiger partial charge < -0.3 is 0 Å². The highest BCUT2D eigenvalue weighted by Gasteiger charge is 2.33. The maximum Gasteiger partial charge on any atom is 0.244 e. The summed E-state index contributed by atoms with van der Waals surface area (Å²) in [6.45, 7) is 2.67. The minimum absolute atomic E-state index is 0.129. The third-order valence-electron chi connectivity index (χ3n) is 3.52. The van der Waals surface area contributed by atoms with Crippen molar-refractivity contribution in [2.75, 3.05) is 6.54 Å². The van der Waals surface area contributed by atoms with E-state index in [1.54, 1.807) is 16.4 Å². The van der Waals surface area contributed by atoms with Crippen molar-refractivity contribution in [3.63, 3.8) is 0 Å². The van der Waals surface area contributed by atoms with E-state index in [0.717, 1.165) is 30.2 Å². The lowest BCUT2D eigenvalue weighted by atomic mass is 10.0. The molecule has 1 aliphatic rings. The number of rotatable bonds is 3. The van der Waals surface area contributed by atoms with Gasteiger partial charge in [-0.25, -0.2) is 8.42 Å². The molecule has 0 spiro atoms. The second-order valence-corrected chi connectivity index (χ2v) is 8.38. The highest BCUT2D eigenvalue weighted by atomic mass is 79.9. The highest BCUT2D eigenvalue weighted by molar-refractivity contribution is 9.11. The Labute approximate surface area is 131 Å². The first-order valence-corrected chi connectivity index (χ1v) is 9.46. The van der Waals surface area contributed by atoms with Crippen molar-refractivity contribution in [1.29, 1.82) is 0 Å². The number of hydrogen-bond donors (Lipinski definition) is 0. The second-order valence-electron chi connectivity index (χ2n) is 4.75. The van der Waals surface area contributed by atoms with Crippen LogP contribution in [0.3, 0.4) is 0 Å². The minimum Gasteiger partial charge on any atom is -0.207 e. The first-order valence-electron chi connectivity index (χ1n) is 6.43. The van der Waals surface area contributed by atoms with E-state index in [1.807, 2.05) is 6.07 Å². The molecule has 1 aromatic carbocycles. The van der Waals surface area contributed by atoms with Crippen LogP contribution in [0.25, 0.3) is 0 Å². The van der Waals surface area contributed by atoms with Gasteiger partial charge >= 0.3 is 0 Å². The van der Waals surface area contributed by atoms with Gasteiger partial charge in [0.15, 0.2) is 0 Å². The van der Waals surface area contributed by atoms with Crippen LogP contribution in [0.4, 0.5) is 0 Å². The van der Waals surface area contributed by atoms with Gasteiger partial charge in [-0.3, -0.25) is 0 Å². The lowest BCUT2D eigenvalue weighted by Gasteiger charge is -2.34. The van der Waals surface area contributed by atoms with Crippen molar-refractivity contribution in [1.82, 2.24) is 4.31 Å². The third-order valence-corrected chi connectivity index (χ3v) is 6.96.